The molecule has 1 heterocycles. The molecule has 2 rings (SSSR count). The Morgan fingerprint density at radius 2 is 2.00 bits per heavy atom. The number of piperidine rings is 1. The monoisotopic (exact) mass is 253 g/mol. The van der Waals surface area contributed by atoms with Crippen molar-refractivity contribution in [1.29, 1.82) is 0 Å². The quantitative estimate of drug-likeness (QED) is 0.847. The van der Waals surface area contributed by atoms with Gasteiger partial charge in [0.1, 0.15) is 5.82 Å². The Morgan fingerprint density at radius 3 is 2.67 bits per heavy atom. The number of halogens is 1. The highest BCUT2D eigenvalue weighted by molar-refractivity contribution is 5.17. The van der Waals surface area contributed by atoms with E-state index in [2.05, 4.69) is 4.90 Å². The molecule has 1 aromatic rings. The van der Waals surface area contributed by atoms with Crippen molar-refractivity contribution in [2.45, 2.75) is 31.4 Å². The van der Waals surface area contributed by atoms with Crippen LogP contribution in [0.5, 0.6) is 0 Å². The summed E-state index contributed by atoms with van der Waals surface area (Å²) in [6, 6.07) is 6.43. The second-order valence-electron chi connectivity index (χ2n) is 4.87. The normalized spacial score (nSPS) is 25.3. The van der Waals surface area contributed by atoms with E-state index in [0.29, 0.717) is 13.0 Å². The predicted octanol–water partition coefficient (Wildman–Crippen LogP) is 1.19. The summed E-state index contributed by atoms with van der Waals surface area (Å²) in [7, 11) is 0. The minimum Gasteiger partial charge on any atom is -0.395 e. The Hall–Kier alpha value is -0.970. The molecule has 0 saturated carbocycles. The van der Waals surface area contributed by atoms with Crippen LogP contribution in [0.25, 0.3) is 0 Å². The summed E-state index contributed by atoms with van der Waals surface area (Å²) < 4.78 is 12.8. The largest absolute Gasteiger partial charge is 0.395 e. The zero-order valence-corrected chi connectivity index (χ0v) is 10.4. The van der Waals surface area contributed by atoms with E-state index in [0.717, 1.165) is 24.9 Å². The van der Waals surface area contributed by atoms with Gasteiger partial charge in [-0.3, -0.25) is 4.90 Å². The third-order valence-electron chi connectivity index (χ3n) is 3.60. The molecule has 100 valence electrons. The van der Waals surface area contributed by atoms with Gasteiger partial charge in [-0.25, -0.2) is 4.39 Å². The van der Waals surface area contributed by atoms with Gasteiger partial charge in [-0.05, 0) is 43.5 Å². The predicted molar refractivity (Wildman–Crippen MR) is 67.8 cm³/mol. The topological polar surface area (TPSA) is 43.7 Å². The van der Waals surface area contributed by atoms with Gasteiger partial charge in [-0.2, -0.15) is 0 Å². The molecule has 0 spiro atoms. The highest BCUT2D eigenvalue weighted by Gasteiger charge is 2.29. The van der Waals surface area contributed by atoms with E-state index in [4.69, 9.17) is 5.11 Å². The summed E-state index contributed by atoms with van der Waals surface area (Å²) in [6.07, 6.45) is 2.09. The molecule has 0 unspecified atom stereocenters. The van der Waals surface area contributed by atoms with Gasteiger partial charge < -0.3 is 10.2 Å². The highest BCUT2D eigenvalue weighted by Crippen LogP contribution is 2.21. The number of aliphatic hydroxyl groups is 2. The molecule has 1 saturated heterocycles. The summed E-state index contributed by atoms with van der Waals surface area (Å²) in [5.74, 6) is -0.241. The molecule has 2 atom stereocenters. The molecule has 0 amide bonds. The fourth-order valence-corrected chi connectivity index (χ4v) is 2.64. The van der Waals surface area contributed by atoms with Crippen LogP contribution in [0.15, 0.2) is 24.3 Å². The van der Waals surface area contributed by atoms with Crippen LogP contribution in [0.1, 0.15) is 18.4 Å². The zero-order valence-electron chi connectivity index (χ0n) is 10.4. The lowest BCUT2D eigenvalue weighted by Gasteiger charge is -2.39. The minimum absolute atomic E-state index is 0.0244. The first kappa shape index (κ1) is 13.5. The van der Waals surface area contributed by atoms with Crippen molar-refractivity contribution in [3.63, 3.8) is 0 Å². The van der Waals surface area contributed by atoms with Gasteiger partial charge >= 0.3 is 0 Å². The molecule has 1 fully saturated rings. The molecule has 0 bridgehead atoms. The summed E-state index contributed by atoms with van der Waals surface area (Å²) >= 11 is 0. The molecule has 1 aliphatic heterocycles. The number of aliphatic hydroxyl groups excluding tert-OH is 2. The van der Waals surface area contributed by atoms with Gasteiger partial charge in [0, 0.05) is 12.6 Å². The lowest BCUT2D eigenvalue weighted by molar-refractivity contribution is 0.00397. The van der Waals surface area contributed by atoms with Gasteiger partial charge in [-0.15, -0.1) is 0 Å². The molecule has 1 aliphatic rings. The molecule has 2 N–H and O–H groups in total. The SMILES string of the molecule is OCCN1CCC[C@H](O)[C@@H]1Cc1ccc(F)cc1. The van der Waals surface area contributed by atoms with E-state index < -0.39 is 0 Å². The van der Waals surface area contributed by atoms with E-state index in [1.54, 1.807) is 12.1 Å². The second kappa shape index (κ2) is 6.27. The Kier molecular flexibility index (Phi) is 4.69. The van der Waals surface area contributed by atoms with Crippen LogP contribution in [0, 0.1) is 5.82 Å². The van der Waals surface area contributed by atoms with Crippen LogP contribution >= 0.6 is 0 Å². The Bertz CT molecular complexity index is 367. The van der Waals surface area contributed by atoms with Crippen LogP contribution in [0.3, 0.4) is 0 Å². The Balaban J connectivity index is 2.05. The number of hydrogen-bond donors (Lipinski definition) is 2. The minimum atomic E-state index is -0.365. The van der Waals surface area contributed by atoms with E-state index in [-0.39, 0.29) is 24.6 Å². The number of nitrogens with zero attached hydrogens (tertiary/aromatic N) is 1. The maximum Gasteiger partial charge on any atom is 0.123 e. The summed E-state index contributed by atoms with van der Waals surface area (Å²) in [4.78, 5) is 2.12. The van der Waals surface area contributed by atoms with Crippen molar-refractivity contribution in [3.8, 4) is 0 Å². The zero-order chi connectivity index (χ0) is 13.0. The van der Waals surface area contributed by atoms with Crippen LogP contribution in [-0.2, 0) is 6.42 Å². The van der Waals surface area contributed by atoms with Crippen molar-refractivity contribution >= 4 is 0 Å². The van der Waals surface area contributed by atoms with Crippen molar-refractivity contribution in [2.24, 2.45) is 0 Å². The standard InChI is InChI=1S/C14H20FNO2/c15-12-5-3-11(4-6-12)10-13-14(18)2-1-7-16(13)8-9-17/h3-6,13-14,17-18H,1-2,7-10H2/t13-,14-/m0/s1. The fraction of sp³-hybridized carbons (Fsp3) is 0.571. The number of likely N-dealkylation sites (tertiary alicyclic amines) is 1. The molecule has 0 aliphatic carbocycles. The Labute approximate surface area is 107 Å². The lowest BCUT2D eigenvalue weighted by atomic mass is 9.93. The number of rotatable bonds is 4. The summed E-state index contributed by atoms with van der Waals surface area (Å²) in [6.45, 7) is 1.60. The molecule has 4 heteroatoms. The first-order valence-electron chi connectivity index (χ1n) is 6.48. The summed E-state index contributed by atoms with van der Waals surface area (Å²) in [5, 5.41) is 19.1. The van der Waals surface area contributed by atoms with Crippen LogP contribution in [0.4, 0.5) is 4.39 Å². The van der Waals surface area contributed by atoms with Crippen LogP contribution < -0.4 is 0 Å². The van der Waals surface area contributed by atoms with Crippen molar-refractivity contribution in [1.82, 2.24) is 4.90 Å². The fourth-order valence-electron chi connectivity index (χ4n) is 2.64. The number of hydrogen-bond acceptors (Lipinski definition) is 3. The Morgan fingerprint density at radius 1 is 1.28 bits per heavy atom. The maximum atomic E-state index is 12.8. The second-order valence-corrected chi connectivity index (χ2v) is 4.87. The smallest absolute Gasteiger partial charge is 0.123 e. The van der Waals surface area contributed by atoms with Gasteiger partial charge in [0.2, 0.25) is 0 Å². The first-order valence-corrected chi connectivity index (χ1v) is 6.48. The van der Waals surface area contributed by atoms with Crippen molar-refractivity contribution in [2.75, 3.05) is 19.7 Å². The van der Waals surface area contributed by atoms with Crippen LogP contribution in [0.2, 0.25) is 0 Å². The molecule has 0 aromatic heterocycles. The van der Waals surface area contributed by atoms with E-state index in [1.807, 2.05) is 0 Å². The van der Waals surface area contributed by atoms with Gasteiger partial charge in [0.15, 0.2) is 0 Å². The summed E-state index contributed by atoms with van der Waals surface area (Å²) in [5.41, 5.74) is 1.02. The van der Waals surface area contributed by atoms with Gasteiger partial charge in [0.25, 0.3) is 0 Å². The number of β-amino-alcohol motifs (C(OH)–C–C–N with tert-alkyl or cyclic N) is 1. The molecule has 0 radical (unpaired) electrons. The van der Waals surface area contributed by atoms with E-state index in [9.17, 15) is 9.50 Å². The molecule has 18 heavy (non-hydrogen) atoms. The van der Waals surface area contributed by atoms with Crippen molar-refractivity contribution < 1.29 is 14.6 Å². The van der Waals surface area contributed by atoms with E-state index >= 15 is 0 Å². The first-order chi connectivity index (χ1) is 8.70. The molecule has 3 nitrogen and oxygen atoms in total. The molecule has 1 aromatic carbocycles. The maximum absolute atomic E-state index is 12.8. The van der Waals surface area contributed by atoms with Crippen LogP contribution in [-0.4, -0.2) is 47.0 Å². The van der Waals surface area contributed by atoms with Gasteiger partial charge in [0.05, 0.1) is 12.7 Å². The average Bonchev–Trinajstić information content (AvgIpc) is 2.36. The third kappa shape index (κ3) is 3.28. The molecular formula is C14H20FNO2. The van der Waals surface area contributed by atoms with Gasteiger partial charge in [-0.1, -0.05) is 12.1 Å². The number of benzene rings is 1. The lowest BCUT2D eigenvalue weighted by Crippen LogP contribution is -2.50. The molecular weight excluding hydrogens is 233 g/mol. The van der Waals surface area contributed by atoms with E-state index in [1.165, 1.54) is 12.1 Å². The average molecular weight is 253 g/mol. The third-order valence-corrected chi connectivity index (χ3v) is 3.60. The highest BCUT2D eigenvalue weighted by atomic mass is 19.1. The van der Waals surface area contributed by atoms with Crippen molar-refractivity contribution in [3.05, 3.63) is 35.6 Å².